The molecule has 11 heteroatoms. The van der Waals surface area contributed by atoms with Gasteiger partial charge in [-0.15, -0.1) is 0 Å². The van der Waals surface area contributed by atoms with Crippen LogP contribution in [0.1, 0.15) is 68.3 Å². The van der Waals surface area contributed by atoms with Crippen molar-refractivity contribution in [2.45, 2.75) is 86.5 Å². The van der Waals surface area contributed by atoms with E-state index in [-0.39, 0.29) is 24.3 Å². The second kappa shape index (κ2) is 12.0. The van der Waals surface area contributed by atoms with Gasteiger partial charge in [0.15, 0.2) is 5.60 Å². The Balaban J connectivity index is 1.35. The number of esters is 2. The lowest BCUT2D eigenvalue weighted by Crippen LogP contribution is -2.74. The number of H-pyrrole nitrogens is 1. The molecule has 1 spiro atoms. The summed E-state index contributed by atoms with van der Waals surface area (Å²) in [5.74, 6) is -0.530. The van der Waals surface area contributed by atoms with Crippen LogP contribution in [0.4, 0.5) is 5.69 Å². The van der Waals surface area contributed by atoms with Crippen LogP contribution in [0.3, 0.4) is 0 Å². The molecule has 1 saturated carbocycles. The number of fused-ring (bicyclic) bond motifs is 6. The van der Waals surface area contributed by atoms with Crippen molar-refractivity contribution in [3.63, 3.8) is 0 Å². The average Bonchev–Trinajstić information content (AvgIpc) is 3.82. The Morgan fingerprint density at radius 3 is 2.52 bits per heavy atom. The van der Waals surface area contributed by atoms with Crippen molar-refractivity contribution in [2.75, 3.05) is 66.0 Å². The van der Waals surface area contributed by atoms with Crippen molar-refractivity contribution < 1.29 is 34.0 Å². The Kier molecular flexibility index (Phi) is 7.98. The summed E-state index contributed by atoms with van der Waals surface area (Å²) in [5.41, 5.74) is 0.133. The molecule has 1 aliphatic carbocycles. The van der Waals surface area contributed by atoms with Crippen molar-refractivity contribution >= 4 is 28.5 Å². The Bertz CT molecular complexity index is 2080. The quantitative estimate of drug-likeness (QED) is 0.261. The van der Waals surface area contributed by atoms with Crippen LogP contribution in [-0.2, 0) is 36.3 Å². The number of benzene rings is 2. The van der Waals surface area contributed by atoms with Gasteiger partial charge in [0.25, 0.3) is 0 Å². The van der Waals surface area contributed by atoms with E-state index >= 15 is 4.79 Å². The van der Waals surface area contributed by atoms with Gasteiger partial charge >= 0.3 is 11.9 Å². The van der Waals surface area contributed by atoms with Gasteiger partial charge in [-0.3, -0.25) is 14.6 Å². The molecule has 9 atom stereocenters. The van der Waals surface area contributed by atoms with Crippen molar-refractivity contribution in [3.05, 3.63) is 70.9 Å². The standard InChI is InChI=1S/C43H54N4O7/c1-7-40(50)21-26-22-42(37(48)53-5,34-28(13-17-46(23-26)25-40)27-11-8-9-12-31(27)44-34)30-19-29-32(20-33(30)52-4)45(3)36-41(29)15-18-47-16-10-14-39(2,35(41)47)24-43(36,51)38(49)54-6/h8-12,14,19-20,26,35-36,44,50-51H,7,13,15-18,21-25H2,1-6H3/t26-,35-,36+,39-,40-,41+,42-,43+/m0/s1. The van der Waals surface area contributed by atoms with E-state index in [0.717, 1.165) is 59.6 Å². The Morgan fingerprint density at radius 2 is 1.78 bits per heavy atom. The average molecular weight is 739 g/mol. The van der Waals surface area contributed by atoms with Crippen molar-refractivity contribution in [1.29, 1.82) is 0 Å². The molecule has 5 aliphatic heterocycles. The third-order valence-corrected chi connectivity index (χ3v) is 14.7. The van der Waals surface area contributed by atoms with E-state index in [4.69, 9.17) is 14.2 Å². The second-order valence-electron chi connectivity index (χ2n) is 17.5. The number of aliphatic hydroxyl groups is 2. The zero-order valence-electron chi connectivity index (χ0n) is 32.4. The number of aromatic amines is 1. The van der Waals surface area contributed by atoms with E-state index in [1.807, 2.05) is 32.2 Å². The summed E-state index contributed by atoms with van der Waals surface area (Å²) >= 11 is 0. The number of carbonyl (C=O) groups is 2. The highest BCUT2D eigenvalue weighted by Crippen LogP contribution is 2.67. The Morgan fingerprint density at radius 1 is 1.00 bits per heavy atom. The maximum absolute atomic E-state index is 15.2. The van der Waals surface area contributed by atoms with Crippen LogP contribution in [0.25, 0.3) is 10.9 Å². The molecule has 2 saturated heterocycles. The highest BCUT2D eigenvalue weighted by Gasteiger charge is 2.75. The van der Waals surface area contributed by atoms with Gasteiger partial charge in [0.2, 0.25) is 0 Å². The van der Waals surface area contributed by atoms with Gasteiger partial charge in [0.1, 0.15) is 11.2 Å². The monoisotopic (exact) mass is 738 g/mol. The van der Waals surface area contributed by atoms with Gasteiger partial charge in [0, 0.05) is 84.0 Å². The zero-order valence-corrected chi connectivity index (χ0v) is 32.4. The number of para-hydroxylation sites is 1. The van der Waals surface area contributed by atoms with Crippen molar-refractivity contribution in [2.24, 2.45) is 11.3 Å². The molecule has 0 radical (unpaired) electrons. The summed E-state index contributed by atoms with van der Waals surface area (Å²) in [6, 6.07) is 11.8. The Hall–Kier alpha value is -3.90. The minimum atomic E-state index is -1.81. The van der Waals surface area contributed by atoms with Crippen molar-refractivity contribution in [3.8, 4) is 5.75 Å². The topological polar surface area (TPSA) is 128 Å². The first-order valence-electron chi connectivity index (χ1n) is 19.6. The number of methoxy groups -OCH3 is 3. The fraction of sp³-hybridized carbons (Fsp3) is 0.581. The SMILES string of the molecule is CC[C@]1(O)C[C@@H]2CN(CCc3c([nH]c4ccccc34)[C@@](C(=O)OC)(c3cc4c(cc3OC)N(C)[C@@H]3[C@]45CCN4CC=C[C@@](C)(C[C@]3(O)C(=O)OC)[C@H]45)C2)C1. The number of rotatable bonds is 5. The fourth-order valence-electron chi connectivity index (χ4n) is 13.0. The molecule has 1 unspecified atom stereocenters. The number of aromatic nitrogens is 1. The maximum atomic E-state index is 15.2. The van der Waals surface area contributed by atoms with Crippen LogP contribution in [-0.4, -0.2) is 121 Å². The van der Waals surface area contributed by atoms with Crippen LogP contribution < -0.4 is 9.64 Å². The van der Waals surface area contributed by atoms with E-state index in [0.29, 0.717) is 50.0 Å². The van der Waals surface area contributed by atoms with Crippen LogP contribution in [0.5, 0.6) is 5.75 Å². The summed E-state index contributed by atoms with van der Waals surface area (Å²) in [6.45, 7) is 7.88. The number of likely N-dealkylation sites (N-methyl/N-ethyl adjacent to an activating group) is 1. The summed E-state index contributed by atoms with van der Waals surface area (Å²) in [7, 11) is 6.41. The molecule has 3 fully saturated rings. The largest absolute Gasteiger partial charge is 0.496 e. The van der Waals surface area contributed by atoms with E-state index in [9.17, 15) is 15.0 Å². The van der Waals surface area contributed by atoms with Crippen LogP contribution in [0.2, 0.25) is 0 Å². The smallest absolute Gasteiger partial charge is 0.340 e. The van der Waals surface area contributed by atoms with Gasteiger partial charge < -0.3 is 34.3 Å². The van der Waals surface area contributed by atoms with E-state index < -0.39 is 39.5 Å². The third kappa shape index (κ3) is 4.55. The molecule has 2 bridgehead atoms. The predicted octanol–water partition coefficient (Wildman–Crippen LogP) is 4.06. The number of hydrogen-bond donors (Lipinski definition) is 3. The van der Waals surface area contributed by atoms with Gasteiger partial charge in [-0.25, -0.2) is 4.79 Å². The number of nitrogens with one attached hydrogen (secondary N) is 1. The number of hydrogen-bond acceptors (Lipinski definition) is 10. The number of anilines is 1. The molecular weight excluding hydrogens is 684 g/mol. The van der Waals surface area contributed by atoms with E-state index in [2.05, 4.69) is 57.0 Å². The molecular formula is C43H54N4O7. The number of carbonyl (C=O) groups excluding carboxylic acids is 2. The first kappa shape index (κ1) is 35.8. The minimum absolute atomic E-state index is 0.0143. The molecule has 0 amide bonds. The number of ether oxygens (including phenoxy) is 3. The number of nitrogens with zero attached hydrogens (tertiary/aromatic N) is 3. The molecule has 2 aromatic carbocycles. The van der Waals surface area contributed by atoms with E-state index in [1.54, 1.807) is 7.11 Å². The molecule has 3 aromatic rings. The molecule has 54 heavy (non-hydrogen) atoms. The first-order chi connectivity index (χ1) is 25.8. The zero-order chi connectivity index (χ0) is 38.0. The summed E-state index contributed by atoms with van der Waals surface area (Å²) in [4.78, 5) is 39.8. The van der Waals surface area contributed by atoms with E-state index in [1.165, 1.54) is 14.2 Å². The summed E-state index contributed by atoms with van der Waals surface area (Å²) in [5, 5.41) is 25.7. The highest BCUT2D eigenvalue weighted by atomic mass is 16.5. The minimum Gasteiger partial charge on any atom is -0.496 e. The molecule has 6 heterocycles. The molecule has 3 N–H and O–H groups in total. The lowest BCUT2D eigenvalue weighted by atomic mass is 9.50. The second-order valence-corrected chi connectivity index (χ2v) is 17.5. The van der Waals surface area contributed by atoms with Gasteiger partial charge in [-0.2, -0.15) is 0 Å². The molecule has 9 rings (SSSR count). The summed E-state index contributed by atoms with van der Waals surface area (Å²) < 4.78 is 17.7. The molecule has 6 aliphatic rings. The highest BCUT2D eigenvalue weighted by molar-refractivity contribution is 5.94. The fourth-order valence-corrected chi connectivity index (χ4v) is 13.0. The Labute approximate surface area is 317 Å². The maximum Gasteiger partial charge on any atom is 0.340 e. The lowest BCUT2D eigenvalue weighted by Gasteiger charge is -2.60. The first-order valence-corrected chi connectivity index (χ1v) is 19.6. The van der Waals surface area contributed by atoms with Crippen LogP contribution in [0, 0.1) is 11.3 Å². The third-order valence-electron chi connectivity index (χ3n) is 14.7. The lowest BCUT2D eigenvalue weighted by molar-refractivity contribution is -0.180. The van der Waals surface area contributed by atoms with Gasteiger partial charge in [-0.05, 0) is 74.2 Å². The normalized spacial score (nSPS) is 38.0. The summed E-state index contributed by atoms with van der Waals surface area (Å²) in [6.07, 6.45) is 7.55. The van der Waals surface area contributed by atoms with Gasteiger partial charge in [0.05, 0.1) is 33.0 Å². The van der Waals surface area contributed by atoms with Gasteiger partial charge in [-0.1, -0.05) is 44.2 Å². The predicted molar refractivity (Wildman–Crippen MR) is 205 cm³/mol. The number of piperidine rings is 1. The van der Waals surface area contributed by atoms with Crippen molar-refractivity contribution in [1.82, 2.24) is 14.8 Å². The molecule has 11 nitrogen and oxygen atoms in total. The van der Waals surface area contributed by atoms with Crippen LogP contribution >= 0.6 is 0 Å². The molecule has 1 aromatic heterocycles. The van der Waals surface area contributed by atoms with Crippen LogP contribution in [0.15, 0.2) is 48.6 Å². The molecule has 288 valence electrons.